The molecule has 0 radical (unpaired) electrons. The summed E-state index contributed by atoms with van der Waals surface area (Å²) in [4.78, 5) is 12.2. The second-order valence-corrected chi connectivity index (χ2v) is 5.61. The molecule has 2 atom stereocenters. The van der Waals surface area contributed by atoms with E-state index in [9.17, 15) is 18.0 Å². The van der Waals surface area contributed by atoms with Gasteiger partial charge in [-0.2, -0.15) is 13.2 Å². The number of aliphatic hydroxyl groups excluding tert-OH is 1. The summed E-state index contributed by atoms with van der Waals surface area (Å²) >= 11 is 0. The van der Waals surface area contributed by atoms with Crippen molar-refractivity contribution in [2.45, 2.75) is 31.5 Å². The summed E-state index contributed by atoms with van der Waals surface area (Å²) in [6, 6.07) is 4.16. The summed E-state index contributed by atoms with van der Waals surface area (Å²) < 4.78 is 43.7. The maximum Gasteiger partial charge on any atom is 0.416 e. The van der Waals surface area contributed by atoms with Crippen molar-refractivity contribution in [3.8, 4) is 0 Å². The number of halogens is 3. The molecule has 1 aliphatic rings. The van der Waals surface area contributed by atoms with Gasteiger partial charge in [0, 0.05) is 13.2 Å². The molecule has 0 bridgehead atoms. The van der Waals surface area contributed by atoms with Crippen molar-refractivity contribution in [3.05, 3.63) is 35.4 Å². The van der Waals surface area contributed by atoms with E-state index in [-0.39, 0.29) is 24.9 Å². The Hall–Kier alpha value is -1.60. The predicted octanol–water partition coefficient (Wildman–Crippen LogP) is 2.67. The maximum atomic E-state index is 12.8. The van der Waals surface area contributed by atoms with Crippen LogP contribution in [0.2, 0.25) is 0 Å². The third kappa shape index (κ3) is 4.94. The monoisotopic (exact) mass is 331 g/mol. The lowest BCUT2D eigenvalue weighted by Gasteiger charge is -2.25. The number of aliphatic hydroxyl groups is 1. The first-order valence-electron chi connectivity index (χ1n) is 7.58. The highest BCUT2D eigenvalue weighted by Gasteiger charge is 2.31. The number of ether oxygens (including phenoxy) is 1. The molecular weight excluding hydrogens is 311 g/mol. The maximum absolute atomic E-state index is 12.8. The molecule has 7 heteroatoms. The van der Waals surface area contributed by atoms with Crippen molar-refractivity contribution in [1.29, 1.82) is 0 Å². The van der Waals surface area contributed by atoms with Crippen molar-refractivity contribution in [1.82, 2.24) is 5.32 Å². The quantitative estimate of drug-likeness (QED) is 0.872. The Kier molecular flexibility index (Phi) is 6.01. The molecule has 1 saturated heterocycles. The first-order chi connectivity index (χ1) is 10.9. The highest BCUT2D eigenvalue weighted by atomic mass is 19.4. The summed E-state index contributed by atoms with van der Waals surface area (Å²) in [6.07, 6.45) is -2.81. The normalized spacial score (nSPS) is 20.1. The van der Waals surface area contributed by atoms with Crippen molar-refractivity contribution < 1.29 is 27.8 Å². The van der Waals surface area contributed by atoms with Crippen LogP contribution in [-0.2, 0) is 15.7 Å². The van der Waals surface area contributed by atoms with Gasteiger partial charge in [-0.05, 0) is 37.0 Å². The summed E-state index contributed by atoms with van der Waals surface area (Å²) in [5, 5.41) is 11.9. The molecule has 4 nitrogen and oxygen atoms in total. The Morgan fingerprint density at radius 3 is 2.83 bits per heavy atom. The number of alkyl halides is 3. The Morgan fingerprint density at radius 1 is 1.43 bits per heavy atom. The van der Waals surface area contributed by atoms with Crippen LogP contribution in [0.3, 0.4) is 0 Å². The first kappa shape index (κ1) is 17.7. The van der Waals surface area contributed by atoms with Gasteiger partial charge in [-0.1, -0.05) is 12.1 Å². The molecule has 1 aromatic carbocycles. The molecule has 1 aromatic rings. The molecular formula is C16H20F3NO3. The van der Waals surface area contributed by atoms with Crippen molar-refractivity contribution in [3.63, 3.8) is 0 Å². The van der Waals surface area contributed by atoms with Crippen LogP contribution in [0.4, 0.5) is 13.2 Å². The Balaban J connectivity index is 2.12. The molecule has 0 saturated carbocycles. The van der Waals surface area contributed by atoms with Crippen LogP contribution in [0.1, 0.15) is 36.4 Å². The lowest BCUT2D eigenvalue weighted by atomic mass is 9.98. The Bertz CT molecular complexity index is 528. The smallest absolute Gasteiger partial charge is 0.396 e. The van der Waals surface area contributed by atoms with Gasteiger partial charge in [-0.15, -0.1) is 0 Å². The van der Waals surface area contributed by atoms with Crippen LogP contribution in [0.25, 0.3) is 0 Å². The van der Waals surface area contributed by atoms with E-state index >= 15 is 0 Å². The van der Waals surface area contributed by atoms with Gasteiger partial charge in [0.2, 0.25) is 5.91 Å². The zero-order chi connectivity index (χ0) is 16.9. The summed E-state index contributed by atoms with van der Waals surface area (Å²) in [7, 11) is 0. The fourth-order valence-electron chi connectivity index (χ4n) is 2.62. The molecule has 0 aromatic heterocycles. The zero-order valence-electron chi connectivity index (χ0n) is 12.6. The average Bonchev–Trinajstić information content (AvgIpc) is 2.54. The first-order valence-corrected chi connectivity index (χ1v) is 7.58. The summed E-state index contributed by atoms with van der Waals surface area (Å²) in [5.41, 5.74) is -0.438. The number of carbonyl (C=O) groups is 1. The van der Waals surface area contributed by atoms with E-state index in [0.29, 0.717) is 25.2 Å². The highest BCUT2D eigenvalue weighted by Crippen LogP contribution is 2.31. The van der Waals surface area contributed by atoms with Gasteiger partial charge >= 0.3 is 6.18 Å². The molecule has 1 aliphatic heterocycles. The van der Waals surface area contributed by atoms with E-state index in [1.807, 2.05) is 0 Å². The Labute approximate surface area is 132 Å². The number of nitrogens with one attached hydrogen (secondary N) is 1. The molecule has 0 aliphatic carbocycles. The van der Waals surface area contributed by atoms with E-state index in [1.165, 1.54) is 12.1 Å². The number of hydrogen-bond acceptors (Lipinski definition) is 3. The van der Waals surface area contributed by atoms with Crippen LogP contribution >= 0.6 is 0 Å². The average molecular weight is 331 g/mol. The van der Waals surface area contributed by atoms with Gasteiger partial charge in [0.1, 0.15) is 0 Å². The number of benzene rings is 1. The van der Waals surface area contributed by atoms with Crippen molar-refractivity contribution in [2.75, 3.05) is 19.8 Å². The number of amides is 1. The summed E-state index contributed by atoms with van der Waals surface area (Å²) in [5.74, 6) is -0.545. The van der Waals surface area contributed by atoms with E-state index < -0.39 is 17.8 Å². The van der Waals surface area contributed by atoms with E-state index in [4.69, 9.17) is 9.84 Å². The van der Waals surface area contributed by atoms with Crippen LogP contribution in [0.15, 0.2) is 24.3 Å². The van der Waals surface area contributed by atoms with E-state index in [2.05, 4.69) is 5.32 Å². The van der Waals surface area contributed by atoms with Gasteiger partial charge in [0.05, 0.1) is 24.1 Å². The number of rotatable bonds is 5. The van der Waals surface area contributed by atoms with Crippen molar-refractivity contribution >= 4 is 5.91 Å². The molecule has 1 fully saturated rings. The Morgan fingerprint density at radius 2 is 2.22 bits per heavy atom. The minimum absolute atomic E-state index is 0.153. The second kappa shape index (κ2) is 7.79. The minimum atomic E-state index is -4.44. The molecule has 23 heavy (non-hydrogen) atoms. The molecule has 0 unspecified atom stereocenters. The van der Waals surface area contributed by atoms with Gasteiger partial charge in [0.25, 0.3) is 0 Å². The molecule has 1 heterocycles. The third-order valence-electron chi connectivity index (χ3n) is 3.88. The van der Waals surface area contributed by atoms with E-state index in [0.717, 1.165) is 18.6 Å². The van der Waals surface area contributed by atoms with Gasteiger partial charge in [0.15, 0.2) is 0 Å². The van der Waals surface area contributed by atoms with Gasteiger partial charge < -0.3 is 15.2 Å². The van der Waals surface area contributed by atoms with Gasteiger partial charge in [-0.25, -0.2) is 0 Å². The predicted molar refractivity (Wildman–Crippen MR) is 77.6 cm³/mol. The fraction of sp³-hybridized carbons (Fsp3) is 0.562. The van der Waals surface area contributed by atoms with E-state index in [1.54, 1.807) is 0 Å². The third-order valence-corrected chi connectivity index (χ3v) is 3.88. The lowest BCUT2D eigenvalue weighted by molar-refractivity contribution is -0.137. The standard InChI is InChI=1S/C16H20F3NO3/c17-16(18,19)13-5-1-3-11(9-13)14(6-7-21)20-15(22)12-4-2-8-23-10-12/h1,3,5,9,12,14,21H,2,4,6-8,10H2,(H,20,22)/t12-,14-/m0/s1. The number of carbonyl (C=O) groups excluding carboxylic acids is 1. The van der Waals surface area contributed by atoms with Crippen LogP contribution in [-0.4, -0.2) is 30.8 Å². The molecule has 1 amide bonds. The molecule has 2 rings (SSSR count). The number of hydrogen-bond donors (Lipinski definition) is 2. The SMILES string of the molecule is O=C(N[C@@H](CCO)c1cccc(C(F)(F)F)c1)[C@H]1CCCOC1. The van der Waals surface area contributed by atoms with Gasteiger partial charge in [-0.3, -0.25) is 4.79 Å². The summed E-state index contributed by atoms with van der Waals surface area (Å²) in [6.45, 7) is 0.708. The highest BCUT2D eigenvalue weighted by molar-refractivity contribution is 5.79. The zero-order valence-corrected chi connectivity index (χ0v) is 12.6. The van der Waals surface area contributed by atoms with Crippen LogP contribution in [0.5, 0.6) is 0 Å². The largest absolute Gasteiger partial charge is 0.416 e. The molecule has 2 N–H and O–H groups in total. The lowest BCUT2D eigenvalue weighted by Crippen LogP contribution is -2.38. The van der Waals surface area contributed by atoms with Crippen LogP contribution < -0.4 is 5.32 Å². The molecule has 128 valence electrons. The van der Waals surface area contributed by atoms with Crippen molar-refractivity contribution in [2.24, 2.45) is 5.92 Å². The topological polar surface area (TPSA) is 58.6 Å². The second-order valence-electron chi connectivity index (χ2n) is 5.61. The molecule has 0 spiro atoms. The minimum Gasteiger partial charge on any atom is -0.396 e. The fourth-order valence-corrected chi connectivity index (χ4v) is 2.62. The van der Waals surface area contributed by atoms with Crippen LogP contribution in [0, 0.1) is 5.92 Å².